The Morgan fingerprint density at radius 3 is 2.64 bits per heavy atom. The van der Waals surface area contributed by atoms with E-state index in [1.807, 2.05) is 6.08 Å². The molecule has 0 aliphatic rings. The Balaban J connectivity index is 3.57. The van der Waals surface area contributed by atoms with Gasteiger partial charge in [-0.15, -0.1) is 6.58 Å². The van der Waals surface area contributed by atoms with Crippen LogP contribution in [0.15, 0.2) is 12.7 Å². The minimum atomic E-state index is 0.259. The van der Waals surface area contributed by atoms with Crippen molar-refractivity contribution in [3.63, 3.8) is 0 Å². The second-order valence-electron chi connectivity index (χ2n) is 2.81. The summed E-state index contributed by atoms with van der Waals surface area (Å²) in [5, 5.41) is 12.0. The fraction of sp³-hybridized carbons (Fsp3) is 0.778. The average Bonchev–Trinajstić information content (AvgIpc) is 2.03. The fourth-order valence-corrected chi connectivity index (χ4v) is 1.00. The van der Waals surface area contributed by atoms with Gasteiger partial charge < -0.3 is 10.4 Å². The first-order valence-corrected chi connectivity index (χ1v) is 4.24. The summed E-state index contributed by atoms with van der Waals surface area (Å²) in [4.78, 5) is 0. The number of nitrogens with one attached hydrogen (secondary N) is 1. The summed E-state index contributed by atoms with van der Waals surface area (Å²) in [5.74, 6) is 0. The summed E-state index contributed by atoms with van der Waals surface area (Å²) < 4.78 is 0. The molecule has 11 heavy (non-hydrogen) atoms. The standard InChI is InChI=1S/C9H19NO/c1-4-8(3)10-9(5-2)6-7-11/h4,8-11H,1,5-7H2,2-3H3. The van der Waals surface area contributed by atoms with Gasteiger partial charge in [0.2, 0.25) is 0 Å². The molecule has 0 bridgehead atoms. The first kappa shape index (κ1) is 10.7. The normalized spacial score (nSPS) is 15.9. The molecule has 0 saturated carbocycles. The highest BCUT2D eigenvalue weighted by Crippen LogP contribution is 1.98. The van der Waals surface area contributed by atoms with Crippen LogP contribution in [-0.2, 0) is 0 Å². The van der Waals surface area contributed by atoms with Gasteiger partial charge in [0.05, 0.1) is 0 Å². The van der Waals surface area contributed by atoms with Gasteiger partial charge in [-0.25, -0.2) is 0 Å². The van der Waals surface area contributed by atoms with E-state index in [1.165, 1.54) is 0 Å². The van der Waals surface area contributed by atoms with Crippen LogP contribution in [0.4, 0.5) is 0 Å². The first-order valence-electron chi connectivity index (χ1n) is 4.24. The molecule has 0 fully saturated rings. The smallest absolute Gasteiger partial charge is 0.0445 e. The fourth-order valence-electron chi connectivity index (χ4n) is 1.00. The van der Waals surface area contributed by atoms with Crippen molar-refractivity contribution in [3.8, 4) is 0 Å². The van der Waals surface area contributed by atoms with Crippen molar-refractivity contribution in [2.75, 3.05) is 6.61 Å². The first-order chi connectivity index (χ1) is 5.24. The summed E-state index contributed by atoms with van der Waals surface area (Å²) >= 11 is 0. The lowest BCUT2D eigenvalue weighted by Gasteiger charge is -2.18. The van der Waals surface area contributed by atoms with E-state index in [0.717, 1.165) is 12.8 Å². The molecule has 0 aliphatic carbocycles. The monoisotopic (exact) mass is 157 g/mol. The summed E-state index contributed by atoms with van der Waals surface area (Å²) in [5.41, 5.74) is 0. The molecule has 2 unspecified atom stereocenters. The van der Waals surface area contributed by atoms with Crippen LogP contribution in [-0.4, -0.2) is 23.8 Å². The van der Waals surface area contributed by atoms with Gasteiger partial charge in [0, 0.05) is 18.7 Å². The molecule has 2 heteroatoms. The molecule has 2 N–H and O–H groups in total. The molecular weight excluding hydrogens is 138 g/mol. The predicted octanol–water partition coefficient (Wildman–Crippen LogP) is 1.31. The van der Waals surface area contributed by atoms with E-state index in [4.69, 9.17) is 5.11 Å². The lowest BCUT2D eigenvalue weighted by Crippen LogP contribution is -2.35. The van der Waals surface area contributed by atoms with Gasteiger partial charge in [-0.2, -0.15) is 0 Å². The third-order valence-corrected chi connectivity index (χ3v) is 1.82. The van der Waals surface area contributed by atoms with Crippen LogP contribution in [0, 0.1) is 0 Å². The molecule has 0 rings (SSSR count). The highest BCUT2D eigenvalue weighted by molar-refractivity contribution is 4.83. The number of hydrogen-bond donors (Lipinski definition) is 2. The molecule has 0 aliphatic heterocycles. The third-order valence-electron chi connectivity index (χ3n) is 1.82. The van der Waals surface area contributed by atoms with Crippen LogP contribution < -0.4 is 5.32 Å². The Bertz CT molecular complexity index is 104. The Labute approximate surface area is 69.3 Å². The molecule has 0 radical (unpaired) electrons. The van der Waals surface area contributed by atoms with Crippen LogP contribution in [0.2, 0.25) is 0 Å². The molecule has 0 amide bonds. The molecule has 0 heterocycles. The number of hydrogen-bond acceptors (Lipinski definition) is 2. The largest absolute Gasteiger partial charge is 0.396 e. The van der Waals surface area contributed by atoms with Gasteiger partial charge in [0.15, 0.2) is 0 Å². The van der Waals surface area contributed by atoms with E-state index < -0.39 is 0 Å². The minimum absolute atomic E-state index is 0.259. The topological polar surface area (TPSA) is 32.3 Å². The van der Waals surface area contributed by atoms with Gasteiger partial charge >= 0.3 is 0 Å². The molecule has 0 spiro atoms. The molecule has 0 aromatic rings. The van der Waals surface area contributed by atoms with Crippen LogP contribution in [0.1, 0.15) is 26.7 Å². The van der Waals surface area contributed by atoms with Gasteiger partial charge in [0.25, 0.3) is 0 Å². The quantitative estimate of drug-likeness (QED) is 0.570. The molecule has 2 atom stereocenters. The molecular formula is C9H19NO. The van der Waals surface area contributed by atoms with Crippen molar-refractivity contribution in [3.05, 3.63) is 12.7 Å². The highest BCUT2D eigenvalue weighted by atomic mass is 16.3. The Kier molecular flexibility index (Phi) is 6.18. The maximum Gasteiger partial charge on any atom is 0.0445 e. The summed E-state index contributed by atoms with van der Waals surface area (Å²) in [6, 6.07) is 0.763. The van der Waals surface area contributed by atoms with Gasteiger partial charge in [-0.05, 0) is 19.8 Å². The van der Waals surface area contributed by atoms with E-state index in [0.29, 0.717) is 12.1 Å². The van der Waals surface area contributed by atoms with Gasteiger partial charge in [-0.3, -0.25) is 0 Å². The molecule has 0 aromatic heterocycles. The average molecular weight is 157 g/mol. The zero-order chi connectivity index (χ0) is 8.69. The SMILES string of the molecule is C=CC(C)NC(CC)CCO. The van der Waals surface area contributed by atoms with E-state index >= 15 is 0 Å². The van der Waals surface area contributed by atoms with Crippen molar-refractivity contribution >= 4 is 0 Å². The Morgan fingerprint density at radius 1 is 1.64 bits per heavy atom. The van der Waals surface area contributed by atoms with Crippen LogP contribution >= 0.6 is 0 Å². The Morgan fingerprint density at radius 2 is 2.27 bits per heavy atom. The Hall–Kier alpha value is -0.340. The second kappa shape index (κ2) is 6.38. The number of aliphatic hydroxyl groups excluding tert-OH is 1. The van der Waals surface area contributed by atoms with Crippen molar-refractivity contribution in [2.45, 2.75) is 38.8 Å². The molecule has 0 saturated heterocycles. The van der Waals surface area contributed by atoms with Crippen LogP contribution in [0.25, 0.3) is 0 Å². The van der Waals surface area contributed by atoms with E-state index in [9.17, 15) is 0 Å². The van der Waals surface area contributed by atoms with Crippen molar-refractivity contribution in [1.29, 1.82) is 0 Å². The number of rotatable bonds is 6. The lowest BCUT2D eigenvalue weighted by atomic mass is 10.1. The molecule has 2 nitrogen and oxygen atoms in total. The summed E-state index contributed by atoms with van der Waals surface area (Å²) in [6.45, 7) is 8.12. The maximum absolute atomic E-state index is 8.69. The van der Waals surface area contributed by atoms with Gasteiger partial charge in [-0.1, -0.05) is 13.0 Å². The van der Waals surface area contributed by atoms with Crippen LogP contribution in [0.5, 0.6) is 0 Å². The zero-order valence-electron chi connectivity index (χ0n) is 7.51. The van der Waals surface area contributed by atoms with E-state index in [-0.39, 0.29) is 6.61 Å². The predicted molar refractivity (Wildman–Crippen MR) is 48.6 cm³/mol. The molecule has 66 valence electrons. The van der Waals surface area contributed by atoms with Crippen LogP contribution in [0.3, 0.4) is 0 Å². The zero-order valence-corrected chi connectivity index (χ0v) is 7.51. The van der Waals surface area contributed by atoms with E-state index in [2.05, 4.69) is 25.7 Å². The van der Waals surface area contributed by atoms with Crippen molar-refractivity contribution in [1.82, 2.24) is 5.32 Å². The highest BCUT2D eigenvalue weighted by Gasteiger charge is 2.05. The van der Waals surface area contributed by atoms with E-state index in [1.54, 1.807) is 0 Å². The second-order valence-corrected chi connectivity index (χ2v) is 2.81. The third kappa shape index (κ3) is 4.99. The summed E-state index contributed by atoms with van der Waals surface area (Å²) in [6.07, 6.45) is 3.76. The van der Waals surface area contributed by atoms with Crippen molar-refractivity contribution < 1.29 is 5.11 Å². The molecule has 0 aromatic carbocycles. The lowest BCUT2D eigenvalue weighted by molar-refractivity contribution is 0.260. The van der Waals surface area contributed by atoms with Gasteiger partial charge in [0.1, 0.15) is 0 Å². The van der Waals surface area contributed by atoms with Crippen molar-refractivity contribution in [2.24, 2.45) is 0 Å². The number of aliphatic hydroxyl groups is 1. The maximum atomic E-state index is 8.69. The summed E-state index contributed by atoms with van der Waals surface area (Å²) in [7, 11) is 0. The minimum Gasteiger partial charge on any atom is -0.396 e.